The number of hydrogen-bond acceptors (Lipinski definition) is 4. The van der Waals surface area contributed by atoms with Crippen LogP contribution in [0.4, 0.5) is 4.39 Å². The van der Waals surface area contributed by atoms with Crippen LogP contribution in [0.5, 0.6) is 11.5 Å². The molecule has 0 bridgehead atoms. The monoisotopic (exact) mass is 378 g/mol. The highest BCUT2D eigenvalue weighted by molar-refractivity contribution is 5.78. The molecular weight excluding hydrogens is 359 g/mol. The molecule has 1 aliphatic heterocycles. The maximum Gasteiger partial charge on any atom is 0.261 e. The summed E-state index contributed by atoms with van der Waals surface area (Å²) in [5, 5.41) is 0. The number of aromatic nitrogens is 1. The molecule has 0 fully saturated rings. The Hall–Kier alpha value is -3.41. The minimum Gasteiger partial charge on any atom is -0.497 e. The van der Waals surface area contributed by atoms with Crippen LogP contribution in [0.3, 0.4) is 0 Å². The van der Waals surface area contributed by atoms with E-state index in [0.29, 0.717) is 30.2 Å². The van der Waals surface area contributed by atoms with Crippen LogP contribution in [0.25, 0.3) is 11.3 Å². The number of amides is 1. The Kier molecular flexibility index (Phi) is 4.93. The van der Waals surface area contributed by atoms with Gasteiger partial charge in [0.05, 0.1) is 19.3 Å². The Morgan fingerprint density at radius 2 is 1.96 bits per heavy atom. The molecule has 3 aromatic rings. The van der Waals surface area contributed by atoms with Crippen LogP contribution >= 0.6 is 0 Å². The normalized spacial score (nSPS) is 13.5. The first-order chi connectivity index (χ1) is 13.6. The molecule has 1 amide bonds. The Bertz CT molecular complexity index is 1000. The lowest BCUT2D eigenvalue weighted by Gasteiger charge is -2.20. The molecular formula is C22H19FN2O3. The van der Waals surface area contributed by atoms with Gasteiger partial charge >= 0.3 is 0 Å². The van der Waals surface area contributed by atoms with E-state index in [-0.39, 0.29) is 18.3 Å². The van der Waals surface area contributed by atoms with Gasteiger partial charge in [0.15, 0.2) is 6.61 Å². The van der Waals surface area contributed by atoms with Gasteiger partial charge in [-0.3, -0.25) is 4.79 Å². The van der Waals surface area contributed by atoms with Gasteiger partial charge in [0, 0.05) is 12.1 Å². The number of carbonyl (C=O) groups is 1. The molecule has 142 valence electrons. The minimum atomic E-state index is -0.295. The molecule has 28 heavy (non-hydrogen) atoms. The quantitative estimate of drug-likeness (QED) is 0.693. The number of pyridine rings is 1. The van der Waals surface area contributed by atoms with Gasteiger partial charge in [-0.25, -0.2) is 9.37 Å². The van der Waals surface area contributed by atoms with Gasteiger partial charge in [0.25, 0.3) is 5.91 Å². The SMILES string of the molecule is COc1cccc(CN2Cc3nc(-c4ccc(F)cc4)ccc3OCC2=O)c1. The summed E-state index contributed by atoms with van der Waals surface area (Å²) < 4.78 is 24.1. The number of fused-ring (bicyclic) bond motifs is 1. The van der Waals surface area contributed by atoms with E-state index in [1.807, 2.05) is 36.4 Å². The molecule has 0 unspecified atom stereocenters. The molecule has 0 aliphatic carbocycles. The largest absolute Gasteiger partial charge is 0.497 e. The summed E-state index contributed by atoms with van der Waals surface area (Å²) in [7, 11) is 1.61. The third-order valence-corrected chi connectivity index (χ3v) is 4.62. The zero-order chi connectivity index (χ0) is 19.5. The van der Waals surface area contributed by atoms with Crippen molar-refractivity contribution in [3.05, 3.63) is 77.7 Å². The second-order valence-electron chi connectivity index (χ2n) is 6.54. The van der Waals surface area contributed by atoms with Gasteiger partial charge < -0.3 is 14.4 Å². The second-order valence-corrected chi connectivity index (χ2v) is 6.54. The van der Waals surface area contributed by atoms with Crippen LogP contribution in [-0.4, -0.2) is 29.5 Å². The molecule has 0 N–H and O–H groups in total. The first-order valence-corrected chi connectivity index (χ1v) is 8.92. The third-order valence-electron chi connectivity index (χ3n) is 4.62. The molecule has 6 heteroatoms. The molecule has 0 radical (unpaired) electrons. The van der Waals surface area contributed by atoms with Crippen molar-refractivity contribution in [2.75, 3.05) is 13.7 Å². The number of carbonyl (C=O) groups excluding carboxylic acids is 1. The van der Waals surface area contributed by atoms with Crippen LogP contribution in [-0.2, 0) is 17.9 Å². The Balaban J connectivity index is 1.61. The van der Waals surface area contributed by atoms with E-state index in [2.05, 4.69) is 4.98 Å². The maximum atomic E-state index is 13.2. The molecule has 1 aliphatic rings. The van der Waals surface area contributed by atoms with Gasteiger partial charge in [0.2, 0.25) is 0 Å². The first-order valence-electron chi connectivity index (χ1n) is 8.92. The van der Waals surface area contributed by atoms with Crippen LogP contribution in [0.15, 0.2) is 60.7 Å². The number of hydrogen-bond donors (Lipinski definition) is 0. The van der Waals surface area contributed by atoms with E-state index >= 15 is 0 Å². The average Bonchev–Trinajstić information content (AvgIpc) is 2.87. The minimum absolute atomic E-state index is 0.0332. The standard InChI is InChI=1S/C22H19FN2O3/c1-27-18-4-2-3-15(11-18)12-25-13-20-21(28-14-22(25)26)10-9-19(24-20)16-5-7-17(23)8-6-16/h2-11H,12-14H2,1H3. The Labute approximate surface area is 162 Å². The average molecular weight is 378 g/mol. The van der Waals surface area contributed by atoms with Crippen molar-refractivity contribution in [2.24, 2.45) is 0 Å². The summed E-state index contributed by atoms with van der Waals surface area (Å²) in [5.41, 5.74) is 3.15. The van der Waals surface area contributed by atoms with Gasteiger partial charge in [-0.2, -0.15) is 0 Å². The molecule has 0 saturated carbocycles. The lowest BCUT2D eigenvalue weighted by Crippen LogP contribution is -2.32. The highest BCUT2D eigenvalue weighted by Crippen LogP contribution is 2.27. The van der Waals surface area contributed by atoms with E-state index < -0.39 is 0 Å². The van der Waals surface area contributed by atoms with Crippen LogP contribution in [0.2, 0.25) is 0 Å². The summed E-state index contributed by atoms with van der Waals surface area (Å²) in [4.78, 5) is 18.9. The highest BCUT2D eigenvalue weighted by Gasteiger charge is 2.23. The van der Waals surface area contributed by atoms with E-state index in [0.717, 1.165) is 16.9 Å². The van der Waals surface area contributed by atoms with Crippen molar-refractivity contribution in [3.8, 4) is 22.8 Å². The summed E-state index contributed by atoms with van der Waals surface area (Å²) >= 11 is 0. The van der Waals surface area contributed by atoms with Crippen molar-refractivity contribution < 1.29 is 18.7 Å². The van der Waals surface area contributed by atoms with E-state index in [9.17, 15) is 9.18 Å². The molecule has 0 saturated heterocycles. The van der Waals surface area contributed by atoms with E-state index in [1.165, 1.54) is 12.1 Å². The number of ether oxygens (including phenoxy) is 2. The van der Waals surface area contributed by atoms with Crippen LogP contribution in [0, 0.1) is 5.82 Å². The Morgan fingerprint density at radius 3 is 2.75 bits per heavy atom. The van der Waals surface area contributed by atoms with E-state index in [4.69, 9.17) is 9.47 Å². The molecule has 0 atom stereocenters. The van der Waals surface area contributed by atoms with Crippen molar-refractivity contribution in [3.63, 3.8) is 0 Å². The van der Waals surface area contributed by atoms with Gasteiger partial charge in [-0.05, 0) is 54.1 Å². The van der Waals surface area contributed by atoms with Crippen molar-refractivity contribution in [1.29, 1.82) is 0 Å². The highest BCUT2D eigenvalue weighted by atomic mass is 19.1. The molecule has 4 rings (SSSR count). The zero-order valence-electron chi connectivity index (χ0n) is 15.4. The predicted molar refractivity (Wildman–Crippen MR) is 102 cm³/mol. The summed E-state index contributed by atoms with van der Waals surface area (Å²) in [6.07, 6.45) is 0. The topological polar surface area (TPSA) is 51.7 Å². The molecule has 5 nitrogen and oxygen atoms in total. The maximum absolute atomic E-state index is 13.2. The molecule has 0 spiro atoms. The zero-order valence-corrected chi connectivity index (χ0v) is 15.4. The molecule has 2 heterocycles. The second kappa shape index (κ2) is 7.68. The number of methoxy groups -OCH3 is 1. The number of nitrogens with zero attached hydrogens (tertiary/aromatic N) is 2. The number of benzene rings is 2. The first kappa shape index (κ1) is 18.0. The lowest BCUT2D eigenvalue weighted by atomic mass is 10.1. The summed E-state index contributed by atoms with van der Waals surface area (Å²) in [6.45, 7) is 0.732. The number of rotatable bonds is 4. The Morgan fingerprint density at radius 1 is 1.14 bits per heavy atom. The molecule has 1 aromatic heterocycles. The van der Waals surface area contributed by atoms with Gasteiger partial charge in [-0.15, -0.1) is 0 Å². The lowest BCUT2D eigenvalue weighted by molar-refractivity contribution is -0.133. The predicted octanol–water partition coefficient (Wildman–Crippen LogP) is 3.82. The van der Waals surface area contributed by atoms with Crippen molar-refractivity contribution in [1.82, 2.24) is 9.88 Å². The fourth-order valence-corrected chi connectivity index (χ4v) is 3.15. The van der Waals surface area contributed by atoms with Gasteiger partial charge in [0.1, 0.15) is 23.0 Å². The summed E-state index contributed by atoms with van der Waals surface area (Å²) in [6, 6.07) is 17.4. The van der Waals surface area contributed by atoms with Crippen LogP contribution in [0.1, 0.15) is 11.3 Å². The van der Waals surface area contributed by atoms with Crippen molar-refractivity contribution >= 4 is 5.91 Å². The van der Waals surface area contributed by atoms with Gasteiger partial charge in [-0.1, -0.05) is 12.1 Å². The summed E-state index contributed by atoms with van der Waals surface area (Å²) in [5.74, 6) is 0.932. The van der Waals surface area contributed by atoms with E-state index in [1.54, 1.807) is 24.1 Å². The fraction of sp³-hybridized carbons (Fsp3) is 0.182. The smallest absolute Gasteiger partial charge is 0.261 e. The third kappa shape index (κ3) is 3.81. The number of halogens is 1. The van der Waals surface area contributed by atoms with Crippen molar-refractivity contribution in [2.45, 2.75) is 13.1 Å². The fourth-order valence-electron chi connectivity index (χ4n) is 3.15. The van der Waals surface area contributed by atoms with Crippen LogP contribution < -0.4 is 9.47 Å². The molecule has 2 aromatic carbocycles.